The van der Waals surface area contributed by atoms with Crippen molar-refractivity contribution in [2.24, 2.45) is 0 Å². The molecule has 0 radical (unpaired) electrons. The van der Waals surface area contributed by atoms with Crippen LogP contribution in [0.1, 0.15) is 6.92 Å². The van der Waals surface area contributed by atoms with E-state index in [-0.39, 0.29) is 18.3 Å². The van der Waals surface area contributed by atoms with Gasteiger partial charge in [0.05, 0.1) is 31.9 Å². The first-order valence-electron chi connectivity index (χ1n) is 6.18. The molecule has 0 unspecified atom stereocenters. The minimum atomic E-state index is -0.329. The number of imidazole rings is 1. The molecule has 1 heterocycles. The van der Waals surface area contributed by atoms with Crippen molar-refractivity contribution in [2.45, 2.75) is 13.5 Å². The summed E-state index contributed by atoms with van der Waals surface area (Å²) < 4.78 is 11.6. The molecular formula is C14H16N2O4. The molecule has 0 aliphatic heterocycles. The number of rotatable bonds is 5. The van der Waals surface area contributed by atoms with Crippen LogP contribution in [0, 0.1) is 0 Å². The molecule has 106 valence electrons. The highest BCUT2D eigenvalue weighted by molar-refractivity contribution is 5.71. The molecule has 1 aromatic heterocycles. The number of esters is 1. The van der Waals surface area contributed by atoms with E-state index in [0.717, 1.165) is 11.3 Å². The number of aromatic nitrogens is 2. The summed E-state index contributed by atoms with van der Waals surface area (Å²) in [6.07, 6.45) is 3.17. The normalized spacial score (nSPS) is 10.3. The third kappa shape index (κ3) is 2.90. The summed E-state index contributed by atoms with van der Waals surface area (Å²) in [5.41, 5.74) is 1.46. The molecule has 0 aliphatic rings. The molecule has 0 bridgehead atoms. The molecule has 0 amide bonds. The van der Waals surface area contributed by atoms with Crippen molar-refractivity contribution < 1.29 is 19.4 Å². The van der Waals surface area contributed by atoms with E-state index >= 15 is 0 Å². The number of hydrogen-bond donors (Lipinski definition) is 1. The van der Waals surface area contributed by atoms with Crippen molar-refractivity contribution in [3.05, 3.63) is 30.7 Å². The lowest BCUT2D eigenvalue weighted by atomic mass is 10.1. The number of nitrogens with zero attached hydrogens (tertiary/aromatic N) is 2. The first-order valence-corrected chi connectivity index (χ1v) is 6.18. The van der Waals surface area contributed by atoms with Gasteiger partial charge < -0.3 is 19.1 Å². The molecule has 2 aromatic rings. The van der Waals surface area contributed by atoms with Gasteiger partial charge in [-0.25, -0.2) is 4.98 Å². The maximum absolute atomic E-state index is 11.5. The Morgan fingerprint density at radius 2 is 2.25 bits per heavy atom. The highest BCUT2D eigenvalue weighted by Gasteiger charge is 2.11. The van der Waals surface area contributed by atoms with E-state index in [1.54, 1.807) is 42.2 Å². The van der Waals surface area contributed by atoms with Gasteiger partial charge in [-0.15, -0.1) is 0 Å². The topological polar surface area (TPSA) is 73.6 Å². The minimum absolute atomic E-state index is 0.0360. The van der Waals surface area contributed by atoms with Gasteiger partial charge in [0.2, 0.25) is 0 Å². The Kier molecular flexibility index (Phi) is 4.24. The number of methoxy groups -OCH3 is 1. The van der Waals surface area contributed by atoms with Crippen LogP contribution in [0.2, 0.25) is 0 Å². The summed E-state index contributed by atoms with van der Waals surface area (Å²) in [6.45, 7) is 2.18. The van der Waals surface area contributed by atoms with Crippen molar-refractivity contribution in [3.63, 3.8) is 0 Å². The van der Waals surface area contributed by atoms with Gasteiger partial charge >= 0.3 is 5.97 Å². The number of carbonyl (C=O) groups is 1. The summed E-state index contributed by atoms with van der Waals surface area (Å²) in [5, 5.41) is 9.80. The van der Waals surface area contributed by atoms with E-state index in [4.69, 9.17) is 9.47 Å². The highest BCUT2D eigenvalue weighted by Crippen LogP contribution is 2.31. The zero-order chi connectivity index (χ0) is 14.5. The van der Waals surface area contributed by atoms with E-state index in [1.807, 2.05) is 0 Å². The Morgan fingerprint density at radius 3 is 2.90 bits per heavy atom. The summed E-state index contributed by atoms with van der Waals surface area (Å²) in [7, 11) is 1.49. The predicted molar refractivity (Wildman–Crippen MR) is 72.5 cm³/mol. The molecule has 0 saturated heterocycles. The van der Waals surface area contributed by atoms with Gasteiger partial charge in [-0.3, -0.25) is 4.79 Å². The highest BCUT2D eigenvalue weighted by atomic mass is 16.5. The second-order valence-electron chi connectivity index (χ2n) is 4.10. The number of hydrogen-bond acceptors (Lipinski definition) is 5. The first kappa shape index (κ1) is 13.9. The molecule has 1 aromatic carbocycles. The summed E-state index contributed by atoms with van der Waals surface area (Å²) >= 11 is 0. The summed E-state index contributed by atoms with van der Waals surface area (Å²) in [5.74, 6) is 0.101. The zero-order valence-electron chi connectivity index (χ0n) is 11.4. The van der Waals surface area contributed by atoms with Gasteiger partial charge in [-0.2, -0.15) is 0 Å². The number of carbonyl (C=O) groups excluding carboxylic acids is 1. The van der Waals surface area contributed by atoms with Crippen LogP contribution in [-0.2, 0) is 16.1 Å². The quantitative estimate of drug-likeness (QED) is 0.843. The SMILES string of the molecule is CCOC(=O)Cn1cncc1-c1ccc(OC)c(O)c1. The number of ether oxygens (including phenoxy) is 2. The average molecular weight is 276 g/mol. The van der Waals surface area contributed by atoms with Gasteiger partial charge in [0.1, 0.15) is 6.54 Å². The minimum Gasteiger partial charge on any atom is -0.504 e. The first-order chi connectivity index (χ1) is 9.65. The lowest BCUT2D eigenvalue weighted by Crippen LogP contribution is -2.13. The third-order valence-corrected chi connectivity index (χ3v) is 2.79. The van der Waals surface area contributed by atoms with Crippen LogP contribution in [0.3, 0.4) is 0 Å². The second-order valence-corrected chi connectivity index (χ2v) is 4.10. The average Bonchev–Trinajstić information content (AvgIpc) is 2.87. The van der Waals surface area contributed by atoms with Crippen LogP contribution in [-0.4, -0.2) is 34.3 Å². The molecule has 0 spiro atoms. The standard InChI is InChI=1S/C14H16N2O4/c1-3-20-14(18)8-16-9-15-7-11(16)10-4-5-13(19-2)12(17)6-10/h4-7,9,17H,3,8H2,1-2H3. The molecule has 0 fully saturated rings. The Balaban J connectivity index is 2.27. The maximum Gasteiger partial charge on any atom is 0.325 e. The molecule has 0 atom stereocenters. The Morgan fingerprint density at radius 1 is 1.45 bits per heavy atom. The van der Waals surface area contributed by atoms with Crippen LogP contribution in [0.4, 0.5) is 0 Å². The van der Waals surface area contributed by atoms with Crippen LogP contribution in [0.15, 0.2) is 30.7 Å². The predicted octanol–water partition coefficient (Wildman–Crippen LogP) is 1.83. The number of benzene rings is 1. The van der Waals surface area contributed by atoms with Gasteiger partial charge in [0.15, 0.2) is 11.5 Å². The second kappa shape index (κ2) is 6.10. The van der Waals surface area contributed by atoms with E-state index < -0.39 is 0 Å². The smallest absolute Gasteiger partial charge is 0.325 e. The van der Waals surface area contributed by atoms with E-state index in [2.05, 4.69) is 4.98 Å². The van der Waals surface area contributed by atoms with Crippen molar-refractivity contribution in [1.82, 2.24) is 9.55 Å². The summed E-state index contributed by atoms with van der Waals surface area (Å²) in [6, 6.07) is 5.01. The Hall–Kier alpha value is -2.50. The fraction of sp³-hybridized carbons (Fsp3) is 0.286. The fourth-order valence-electron chi connectivity index (χ4n) is 1.88. The zero-order valence-corrected chi connectivity index (χ0v) is 11.4. The molecule has 20 heavy (non-hydrogen) atoms. The van der Waals surface area contributed by atoms with Crippen molar-refractivity contribution in [3.8, 4) is 22.8 Å². The van der Waals surface area contributed by atoms with Gasteiger partial charge in [0, 0.05) is 5.56 Å². The number of phenols is 1. The summed E-state index contributed by atoms with van der Waals surface area (Å²) in [4.78, 5) is 15.5. The third-order valence-electron chi connectivity index (χ3n) is 2.79. The van der Waals surface area contributed by atoms with E-state index in [0.29, 0.717) is 12.4 Å². The molecule has 0 aliphatic carbocycles. The van der Waals surface area contributed by atoms with Crippen LogP contribution < -0.4 is 4.74 Å². The molecular weight excluding hydrogens is 260 g/mol. The molecule has 0 saturated carbocycles. The fourth-order valence-corrected chi connectivity index (χ4v) is 1.88. The monoisotopic (exact) mass is 276 g/mol. The molecule has 6 heteroatoms. The van der Waals surface area contributed by atoms with Gasteiger partial charge in [-0.1, -0.05) is 0 Å². The van der Waals surface area contributed by atoms with Crippen LogP contribution >= 0.6 is 0 Å². The largest absolute Gasteiger partial charge is 0.504 e. The Bertz CT molecular complexity index is 607. The molecule has 1 N–H and O–H groups in total. The van der Waals surface area contributed by atoms with Crippen molar-refractivity contribution >= 4 is 5.97 Å². The van der Waals surface area contributed by atoms with Gasteiger partial charge in [-0.05, 0) is 25.1 Å². The lowest BCUT2D eigenvalue weighted by molar-refractivity contribution is -0.143. The van der Waals surface area contributed by atoms with Crippen LogP contribution in [0.5, 0.6) is 11.5 Å². The maximum atomic E-state index is 11.5. The van der Waals surface area contributed by atoms with Crippen molar-refractivity contribution in [2.75, 3.05) is 13.7 Å². The Labute approximate surface area is 116 Å². The number of aromatic hydroxyl groups is 1. The van der Waals surface area contributed by atoms with Crippen LogP contribution in [0.25, 0.3) is 11.3 Å². The number of phenolic OH excluding ortho intramolecular Hbond substituents is 1. The molecule has 2 rings (SSSR count). The lowest BCUT2D eigenvalue weighted by Gasteiger charge is -2.09. The van der Waals surface area contributed by atoms with Crippen molar-refractivity contribution in [1.29, 1.82) is 0 Å². The van der Waals surface area contributed by atoms with E-state index in [1.165, 1.54) is 7.11 Å². The molecule has 6 nitrogen and oxygen atoms in total. The van der Waals surface area contributed by atoms with Gasteiger partial charge in [0.25, 0.3) is 0 Å². The van der Waals surface area contributed by atoms with E-state index in [9.17, 15) is 9.90 Å².